The van der Waals surface area contributed by atoms with Crippen LogP contribution < -0.4 is 5.32 Å². The second-order valence-electron chi connectivity index (χ2n) is 6.48. The first-order valence-corrected chi connectivity index (χ1v) is 9.92. The first kappa shape index (κ1) is 17.0. The van der Waals surface area contributed by atoms with Crippen molar-refractivity contribution in [1.82, 2.24) is 10.2 Å². The molecule has 3 unspecified atom stereocenters. The molecule has 2 aliphatic rings. The van der Waals surface area contributed by atoms with Crippen LogP contribution in [0.5, 0.6) is 0 Å². The number of carbonyl (C=O) groups excluding carboxylic acids is 2. The number of carbonyl (C=O) groups is 2. The summed E-state index contributed by atoms with van der Waals surface area (Å²) in [5.74, 6) is 3.79. The van der Waals surface area contributed by atoms with E-state index in [0.29, 0.717) is 11.8 Å². The van der Waals surface area contributed by atoms with Gasteiger partial charge in [-0.15, -0.1) is 0 Å². The van der Waals surface area contributed by atoms with E-state index in [1.807, 2.05) is 56.1 Å². The van der Waals surface area contributed by atoms with Crippen LogP contribution in [0.3, 0.4) is 0 Å². The number of hydrogen-bond acceptors (Lipinski definition) is 4. The molecule has 6 heteroatoms. The molecule has 120 valence electrons. The van der Waals surface area contributed by atoms with E-state index in [1.165, 1.54) is 5.75 Å². The van der Waals surface area contributed by atoms with Crippen LogP contribution in [-0.4, -0.2) is 57.9 Å². The van der Waals surface area contributed by atoms with Gasteiger partial charge in [0.25, 0.3) is 0 Å². The number of hydrogen-bond donors (Lipinski definition) is 1. The lowest BCUT2D eigenvalue weighted by Gasteiger charge is -2.43. The van der Waals surface area contributed by atoms with E-state index in [-0.39, 0.29) is 35.7 Å². The van der Waals surface area contributed by atoms with Gasteiger partial charge < -0.3 is 10.2 Å². The molecule has 4 nitrogen and oxygen atoms in total. The Kier molecular flexibility index (Phi) is 5.88. The summed E-state index contributed by atoms with van der Waals surface area (Å²) < 4.78 is 0. The van der Waals surface area contributed by atoms with Crippen LogP contribution in [0.4, 0.5) is 0 Å². The number of piperazine rings is 1. The summed E-state index contributed by atoms with van der Waals surface area (Å²) in [6, 6.07) is -0.686. The molecule has 0 spiro atoms. The van der Waals surface area contributed by atoms with Crippen molar-refractivity contribution in [2.24, 2.45) is 11.8 Å². The molecular formula is C15H26N2O2S2. The van der Waals surface area contributed by atoms with Gasteiger partial charge >= 0.3 is 0 Å². The van der Waals surface area contributed by atoms with Crippen LogP contribution in [0.2, 0.25) is 0 Å². The van der Waals surface area contributed by atoms with Crippen molar-refractivity contribution in [2.75, 3.05) is 23.8 Å². The van der Waals surface area contributed by atoms with Gasteiger partial charge in [0, 0.05) is 29.1 Å². The molecule has 0 aromatic carbocycles. The first-order chi connectivity index (χ1) is 9.91. The summed E-state index contributed by atoms with van der Waals surface area (Å²) >= 11 is 3.89. The topological polar surface area (TPSA) is 49.4 Å². The predicted octanol–water partition coefficient (Wildman–Crippen LogP) is 1.84. The Hall–Kier alpha value is -0.360. The van der Waals surface area contributed by atoms with Crippen molar-refractivity contribution in [3.8, 4) is 0 Å². The third-order valence-electron chi connectivity index (χ3n) is 4.03. The molecule has 3 atom stereocenters. The van der Waals surface area contributed by atoms with E-state index in [0.717, 1.165) is 11.5 Å². The molecule has 0 aromatic heterocycles. The van der Waals surface area contributed by atoms with Crippen LogP contribution in [0.15, 0.2) is 0 Å². The zero-order valence-electron chi connectivity index (χ0n) is 13.3. The van der Waals surface area contributed by atoms with Gasteiger partial charge in [-0.25, -0.2) is 0 Å². The smallest absolute Gasteiger partial charge is 0.246 e. The largest absolute Gasteiger partial charge is 0.342 e. The lowest BCUT2D eigenvalue weighted by Crippen LogP contribution is -2.67. The summed E-state index contributed by atoms with van der Waals surface area (Å²) in [4.78, 5) is 27.1. The second-order valence-corrected chi connectivity index (χ2v) is 9.04. The molecule has 2 rings (SSSR count). The molecule has 2 saturated heterocycles. The van der Waals surface area contributed by atoms with Crippen molar-refractivity contribution < 1.29 is 9.59 Å². The Balaban J connectivity index is 2.16. The Labute approximate surface area is 136 Å². The number of thioether (sulfide) groups is 2. The van der Waals surface area contributed by atoms with Crippen molar-refractivity contribution in [3.63, 3.8) is 0 Å². The number of nitrogens with zero attached hydrogens (tertiary/aromatic N) is 1. The minimum Gasteiger partial charge on any atom is -0.342 e. The quantitative estimate of drug-likeness (QED) is 0.854. The third-order valence-corrected chi connectivity index (χ3v) is 6.86. The number of nitrogens with one attached hydrogen (secondary N) is 1. The van der Waals surface area contributed by atoms with E-state index >= 15 is 0 Å². The lowest BCUT2D eigenvalue weighted by molar-refractivity contribution is -0.152. The maximum atomic E-state index is 12.8. The predicted molar refractivity (Wildman–Crippen MR) is 90.7 cm³/mol. The van der Waals surface area contributed by atoms with Gasteiger partial charge in [0.05, 0.1) is 0 Å². The summed E-state index contributed by atoms with van der Waals surface area (Å²) in [6.45, 7) is 8.71. The van der Waals surface area contributed by atoms with Gasteiger partial charge in [0.2, 0.25) is 11.8 Å². The van der Waals surface area contributed by atoms with Crippen LogP contribution in [0, 0.1) is 11.8 Å². The Morgan fingerprint density at radius 1 is 1.19 bits per heavy atom. The fourth-order valence-electron chi connectivity index (χ4n) is 2.94. The summed E-state index contributed by atoms with van der Waals surface area (Å²) in [5, 5.41) is 3.37. The van der Waals surface area contributed by atoms with E-state index in [4.69, 9.17) is 0 Å². The van der Waals surface area contributed by atoms with E-state index in [2.05, 4.69) is 5.32 Å². The second kappa shape index (κ2) is 7.27. The molecule has 0 saturated carbocycles. The average molecular weight is 331 g/mol. The van der Waals surface area contributed by atoms with E-state index in [1.54, 1.807) is 0 Å². The van der Waals surface area contributed by atoms with Gasteiger partial charge in [-0.05, 0) is 11.8 Å². The van der Waals surface area contributed by atoms with Gasteiger partial charge in [0.15, 0.2) is 0 Å². The minimum absolute atomic E-state index is 0.0109. The molecule has 2 heterocycles. The summed E-state index contributed by atoms with van der Waals surface area (Å²) in [6.07, 6.45) is 0. The van der Waals surface area contributed by atoms with Crippen LogP contribution in [0.1, 0.15) is 27.7 Å². The molecular weight excluding hydrogens is 304 g/mol. The highest BCUT2D eigenvalue weighted by molar-refractivity contribution is 8.06. The van der Waals surface area contributed by atoms with Gasteiger partial charge in [-0.1, -0.05) is 27.7 Å². The third kappa shape index (κ3) is 3.89. The summed E-state index contributed by atoms with van der Waals surface area (Å²) in [7, 11) is 0. The standard InChI is InChI=1S/C15H26N2O2S2/c1-9(2)12-15(19)17(7-11-8-20-5-6-21-11)13(10(3)4)14(18)16-12/h9-13H,5-8H2,1-4H3,(H,16,18). The SMILES string of the molecule is CC(C)C1NC(=O)C(C(C)C)N(CC2CSCCS2)C1=O. The van der Waals surface area contributed by atoms with Crippen molar-refractivity contribution >= 4 is 35.3 Å². The number of amides is 2. The summed E-state index contributed by atoms with van der Waals surface area (Å²) in [5.41, 5.74) is 0. The van der Waals surface area contributed by atoms with Gasteiger partial charge in [0.1, 0.15) is 12.1 Å². The molecule has 0 aliphatic carbocycles. The van der Waals surface area contributed by atoms with Crippen LogP contribution in [0.25, 0.3) is 0 Å². The Morgan fingerprint density at radius 2 is 1.90 bits per heavy atom. The highest BCUT2D eigenvalue weighted by Crippen LogP contribution is 2.28. The van der Waals surface area contributed by atoms with E-state index < -0.39 is 0 Å². The van der Waals surface area contributed by atoms with Crippen molar-refractivity contribution in [3.05, 3.63) is 0 Å². The molecule has 0 aromatic rings. The first-order valence-electron chi connectivity index (χ1n) is 7.72. The molecule has 0 radical (unpaired) electrons. The zero-order valence-corrected chi connectivity index (χ0v) is 14.9. The normalized spacial score (nSPS) is 31.0. The molecule has 2 aliphatic heterocycles. The van der Waals surface area contributed by atoms with E-state index in [9.17, 15) is 9.59 Å². The molecule has 2 fully saturated rings. The maximum Gasteiger partial charge on any atom is 0.246 e. The minimum atomic E-state index is -0.367. The van der Waals surface area contributed by atoms with Crippen molar-refractivity contribution in [1.29, 1.82) is 0 Å². The zero-order chi connectivity index (χ0) is 15.6. The highest BCUT2D eigenvalue weighted by Gasteiger charge is 2.43. The molecule has 1 N–H and O–H groups in total. The highest BCUT2D eigenvalue weighted by atomic mass is 32.2. The molecule has 0 bridgehead atoms. The number of rotatable bonds is 4. The molecule has 2 amide bonds. The Morgan fingerprint density at radius 3 is 2.43 bits per heavy atom. The Bertz CT molecular complexity index is 395. The average Bonchev–Trinajstić information content (AvgIpc) is 2.43. The molecule has 21 heavy (non-hydrogen) atoms. The van der Waals surface area contributed by atoms with Crippen LogP contribution >= 0.6 is 23.5 Å². The fraction of sp³-hybridized carbons (Fsp3) is 0.867. The van der Waals surface area contributed by atoms with Crippen molar-refractivity contribution in [2.45, 2.75) is 45.0 Å². The monoisotopic (exact) mass is 330 g/mol. The van der Waals surface area contributed by atoms with Crippen LogP contribution in [-0.2, 0) is 9.59 Å². The van der Waals surface area contributed by atoms with Gasteiger partial charge in [-0.3, -0.25) is 9.59 Å². The fourth-order valence-corrected chi connectivity index (χ4v) is 5.60. The maximum absolute atomic E-state index is 12.8. The van der Waals surface area contributed by atoms with Gasteiger partial charge in [-0.2, -0.15) is 23.5 Å². The lowest BCUT2D eigenvalue weighted by atomic mass is 9.92.